The van der Waals surface area contributed by atoms with Gasteiger partial charge >= 0.3 is 0 Å². The average molecular weight is 312 g/mol. The topological polar surface area (TPSA) is 12.0 Å². The predicted octanol–water partition coefficient (Wildman–Crippen LogP) is 5.01. The smallest absolute Gasteiger partial charge is 0.0595 e. The standard InChI is InChI=1S/C15H15Cl2NS/c1-18-9-11-2-5-13(6-3-11)19-10-12-4-7-14(16)15(17)8-12/h2-8,18H,9-10H2,1H3. The zero-order valence-corrected chi connectivity index (χ0v) is 12.9. The quantitative estimate of drug-likeness (QED) is 0.779. The Morgan fingerprint density at radius 1 is 0.947 bits per heavy atom. The fourth-order valence-electron chi connectivity index (χ4n) is 1.70. The molecule has 0 aliphatic rings. The van der Waals surface area contributed by atoms with Crippen LogP contribution in [0.5, 0.6) is 0 Å². The van der Waals surface area contributed by atoms with E-state index in [4.69, 9.17) is 23.2 Å². The van der Waals surface area contributed by atoms with Crippen molar-refractivity contribution in [3.05, 3.63) is 63.6 Å². The summed E-state index contributed by atoms with van der Waals surface area (Å²) in [6.45, 7) is 0.901. The molecule has 2 rings (SSSR count). The molecule has 0 aromatic heterocycles. The van der Waals surface area contributed by atoms with E-state index < -0.39 is 0 Å². The highest BCUT2D eigenvalue weighted by molar-refractivity contribution is 7.98. The predicted molar refractivity (Wildman–Crippen MR) is 85.2 cm³/mol. The number of benzene rings is 2. The van der Waals surface area contributed by atoms with E-state index in [2.05, 4.69) is 29.6 Å². The van der Waals surface area contributed by atoms with Crippen molar-refractivity contribution in [3.63, 3.8) is 0 Å². The zero-order chi connectivity index (χ0) is 13.7. The molecule has 0 fully saturated rings. The molecule has 19 heavy (non-hydrogen) atoms. The van der Waals surface area contributed by atoms with Gasteiger partial charge in [-0.05, 0) is 42.4 Å². The van der Waals surface area contributed by atoms with E-state index in [1.165, 1.54) is 16.0 Å². The minimum atomic E-state index is 0.604. The normalized spacial score (nSPS) is 10.7. The van der Waals surface area contributed by atoms with E-state index in [9.17, 15) is 0 Å². The van der Waals surface area contributed by atoms with Gasteiger partial charge in [0.2, 0.25) is 0 Å². The van der Waals surface area contributed by atoms with Gasteiger partial charge in [0.05, 0.1) is 10.0 Å². The van der Waals surface area contributed by atoms with Gasteiger partial charge in [-0.2, -0.15) is 0 Å². The van der Waals surface area contributed by atoms with Gasteiger partial charge in [0, 0.05) is 17.2 Å². The van der Waals surface area contributed by atoms with E-state index in [-0.39, 0.29) is 0 Å². The van der Waals surface area contributed by atoms with Gasteiger partial charge in [-0.1, -0.05) is 41.4 Å². The van der Waals surface area contributed by atoms with Crippen LogP contribution in [0, 0.1) is 0 Å². The Morgan fingerprint density at radius 2 is 1.63 bits per heavy atom. The van der Waals surface area contributed by atoms with Crippen LogP contribution in [0.1, 0.15) is 11.1 Å². The lowest BCUT2D eigenvalue weighted by Crippen LogP contribution is -2.04. The van der Waals surface area contributed by atoms with Gasteiger partial charge in [-0.15, -0.1) is 11.8 Å². The largest absolute Gasteiger partial charge is 0.316 e. The fourth-order valence-corrected chi connectivity index (χ4v) is 2.87. The van der Waals surface area contributed by atoms with Crippen molar-refractivity contribution in [2.24, 2.45) is 0 Å². The van der Waals surface area contributed by atoms with E-state index in [0.29, 0.717) is 10.0 Å². The first kappa shape index (κ1) is 14.7. The molecule has 4 heteroatoms. The number of hydrogen-bond acceptors (Lipinski definition) is 2. The van der Waals surface area contributed by atoms with Crippen molar-refractivity contribution >= 4 is 35.0 Å². The fraction of sp³-hybridized carbons (Fsp3) is 0.200. The molecule has 0 spiro atoms. The van der Waals surface area contributed by atoms with E-state index in [1.54, 1.807) is 11.8 Å². The summed E-state index contributed by atoms with van der Waals surface area (Å²) in [5.74, 6) is 0.891. The van der Waals surface area contributed by atoms with Crippen LogP contribution < -0.4 is 5.32 Å². The third-order valence-electron chi connectivity index (χ3n) is 2.69. The monoisotopic (exact) mass is 311 g/mol. The number of nitrogens with one attached hydrogen (secondary N) is 1. The van der Waals surface area contributed by atoms with E-state index in [1.807, 2.05) is 25.2 Å². The minimum Gasteiger partial charge on any atom is -0.316 e. The first-order chi connectivity index (χ1) is 9.19. The molecule has 0 atom stereocenters. The van der Waals surface area contributed by atoms with Crippen molar-refractivity contribution in [3.8, 4) is 0 Å². The first-order valence-corrected chi connectivity index (χ1v) is 7.73. The summed E-state index contributed by atoms with van der Waals surface area (Å²) in [6, 6.07) is 14.4. The van der Waals surface area contributed by atoms with Gasteiger partial charge in [-0.3, -0.25) is 0 Å². The average Bonchev–Trinajstić information content (AvgIpc) is 2.42. The number of halogens is 2. The summed E-state index contributed by atoms with van der Waals surface area (Å²) >= 11 is 13.7. The van der Waals surface area contributed by atoms with E-state index in [0.717, 1.165) is 12.3 Å². The van der Waals surface area contributed by atoms with Crippen LogP contribution in [-0.2, 0) is 12.3 Å². The van der Waals surface area contributed by atoms with Crippen LogP contribution in [0.25, 0.3) is 0 Å². The maximum Gasteiger partial charge on any atom is 0.0595 e. The Labute approximate surface area is 128 Å². The molecule has 1 nitrogen and oxygen atoms in total. The van der Waals surface area contributed by atoms with Crippen LogP contribution in [0.4, 0.5) is 0 Å². The van der Waals surface area contributed by atoms with Gasteiger partial charge in [0.25, 0.3) is 0 Å². The van der Waals surface area contributed by atoms with Crippen molar-refractivity contribution in [2.75, 3.05) is 7.05 Å². The first-order valence-electron chi connectivity index (χ1n) is 5.99. The lowest BCUT2D eigenvalue weighted by molar-refractivity contribution is 0.817. The van der Waals surface area contributed by atoms with Gasteiger partial charge in [-0.25, -0.2) is 0 Å². The molecule has 0 radical (unpaired) electrons. The highest BCUT2D eigenvalue weighted by Gasteiger charge is 2.01. The Hall–Kier alpha value is -0.670. The molecule has 0 heterocycles. The van der Waals surface area contributed by atoms with Crippen LogP contribution in [0.2, 0.25) is 10.0 Å². The van der Waals surface area contributed by atoms with Crippen molar-refractivity contribution < 1.29 is 0 Å². The maximum atomic E-state index is 6.00. The van der Waals surface area contributed by atoms with Crippen LogP contribution >= 0.6 is 35.0 Å². The summed E-state index contributed by atoms with van der Waals surface area (Å²) in [4.78, 5) is 1.26. The molecule has 100 valence electrons. The molecule has 0 aliphatic heterocycles. The SMILES string of the molecule is CNCc1ccc(SCc2ccc(Cl)c(Cl)c2)cc1. The number of thioether (sulfide) groups is 1. The Bertz CT molecular complexity index is 540. The van der Waals surface area contributed by atoms with E-state index >= 15 is 0 Å². The molecule has 0 amide bonds. The minimum absolute atomic E-state index is 0.604. The summed E-state index contributed by atoms with van der Waals surface area (Å²) in [7, 11) is 1.95. The van der Waals surface area contributed by atoms with Crippen LogP contribution in [-0.4, -0.2) is 7.05 Å². The summed E-state index contributed by atoms with van der Waals surface area (Å²) in [5, 5.41) is 4.36. The third kappa shape index (κ3) is 4.43. The van der Waals surface area contributed by atoms with Gasteiger partial charge in [0.15, 0.2) is 0 Å². The number of hydrogen-bond donors (Lipinski definition) is 1. The molecule has 0 saturated carbocycles. The van der Waals surface area contributed by atoms with Gasteiger partial charge in [0.1, 0.15) is 0 Å². The molecular formula is C15H15Cl2NS. The molecule has 1 N–H and O–H groups in total. The molecule has 2 aromatic rings. The molecule has 0 unspecified atom stereocenters. The van der Waals surface area contributed by atoms with Crippen molar-refractivity contribution in [1.29, 1.82) is 0 Å². The molecular weight excluding hydrogens is 297 g/mol. The second-order valence-corrected chi connectivity index (χ2v) is 6.07. The second kappa shape index (κ2) is 7.20. The summed E-state index contributed by atoms with van der Waals surface area (Å²) in [6.07, 6.45) is 0. The Balaban J connectivity index is 1.96. The zero-order valence-electron chi connectivity index (χ0n) is 10.6. The van der Waals surface area contributed by atoms with Crippen molar-refractivity contribution in [2.45, 2.75) is 17.2 Å². The summed E-state index contributed by atoms with van der Waals surface area (Å²) < 4.78 is 0. The molecule has 0 saturated heterocycles. The highest BCUT2D eigenvalue weighted by atomic mass is 35.5. The second-order valence-electron chi connectivity index (χ2n) is 4.21. The highest BCUT2D eigenvalue weighted by Crippen LogP contribution is 2.27. The molecule has 2 aromatic carbocycles. The van der Waals surface area contributed by atoms with Crippen molar-refractivity contribution in [1.82, 2.24) is 5.32 Å². The molecule has 0 aliphatic carbocycles. The third-order valence-corrected chi connectivity index (χ3v) is 4.52. The number of rotatable bonds is 5. The van der Waals surface area contributed by atoms with Crippen LogP contribution in [0.15, 0.2) is 47.4 Å². The molecule has 0 bridgehead atoms. The van der Waals surface area contributed by atoms with Crippen LogP contribution in [0.3, 0.4) is 0 Å². The lowest BCUT2D eigenvalue weighted by Gasteiger charge is -2.05. The Morgan fingerprint density at radius 3 is 2.26 bits per heavy atom. The lowest BCUT2D eigenvalue weighted by atomic mass is 10.2. The summed E-state index contributed by atoms with van der Waals surface area (Å²) in [5.41, 5.74) is 2.47. The van der Waals surface area contributed by atoms with Gasteiger partial charge < -0.3 is 5.32 Å². The maximum absolute atomic E-state index is 6.00. The Kier molecular flexibility index (Phi) is 5.59.